The zero-order chi connectivity index (χ0) is 7.28. The van der Waals surface area contributed by atoms with Crippen LogP contribution in [0.25, 0.3) is 0 Å². The van der Waals surface area contributed by atoms with Gasteiger partial charge < -0.3 is 4.74 Å². The van der Waals surface area contributed by atoms with Crippen LogP contribution in [-0.4, -0.2) is 18.4 Å². The third-order valence-corrected chi connectivity index (χ3v) is 0.831. The normalized spacial score (nSPS) is 8.67. The van der Waals surface area contributed by atoms with Crippen LogP contribution in [0.15, 0.2) is 0 Å². The number of hydrogen-bond acceptors (Lipinski definition) is 3. The van der Waals surface area contributed by atoms with Gasteiger partial charge in [0.15, 0.2) is 5.78 Å². The highest BCUT2D eigenvalue weighted by Crippen LogP contribution is 1.82. The molecule has 0 amide bonds. The second kappa shape index (κ2) is 4.06. The highest BCUT2D eigenvalue weighted by atomic mass is 16.5. The first-order valence-corrected chi connectivity index (χ1v) is 2.82. The standard InChI is InChI=1S/C6H10O3/c1-3-6(8)4-9-5(2)7/h3-4H2,1-2H3. The van der Waals surface area contributed by atoms with Crippen molar-refractivity contribution in [2.24, 2.45) is 0 Å². The molecule has 0 aliphatic heterocycles. The van der Waals surface area contributed by atoms with Crippen LogP contribution >= 0.6 is 0 Å². The van der Waals surface area contributed by atoms with Gasteiger partial charge in [0, 0.05) is 13.3 Å². The van der Waals surface area contributed by atoms with Crippen LogP contribution in [0, 0.1) is 0 Å². The Morgan fingerprint density at radius 3 is 2.33 bits per heavy atom. The van der Waals surface area contributed by atoms with E-state index in [1.54, 1.807) is 6.92 Å². The van der Waals surface area contributed by atoms with E-state index in [-0.39, 0.29) is 12.4 Å². The van der Waals surface area contributed by atoms with Crippen LogP contribution in [0.1, 0.15) is 20.3 Å². The molecule has 0 aliphatic rings. The Morgan fingerprint density at radius 2 is 2.00 bits per heavy atom. The first-order chi connectivity index (χ1) is 4.16. The van der Waals surface area contributed by atoms with Crippen LogP contribution in [0.5, 0.6) is 0 Å². The Hall–Kier alpha value is -0.860. The average molecular weight is 130 g/mol. The van der Waals surface area contributed by atoms with Crippen LogP contribution in [0.3, 0.4) is 0 Å². The molecule has 0 bridgehead atoms. The summed E-state index contributed by atoms with van der Waals surface area (Å²) < 4.78 is 4.41. The number of hydrogen-bond donors (Lipinski definition) is 0. The molecule has 0 radical (unpaired) electrons. The second-order valence-corrected chi connectivity index (χ2v) is 1.67. The summed E-state index contributed by atoms with van der Waals surface area (Å²) in [5, 5.41) is 0. The molecule has 0 fully saturated rings. The fraction of sp³-hybridized carbons (Fsp3) is 0.667. The van der Waals surface area contributed by atoms with E-state index in [9.17, 15) is 9.59 Å². The molecule has 0 aromatic heterocycles. The summed E-state index contributed by atoms with van der Waals surface area (Å²) >= 11 is 0. The van der Waals surface area contributed by atoms with Crippen molar-refractivity contribution in [3.05, 3.63) is 0 Å². The average Bonchev–Trinajstić information content (AvgIpc) is 1.83. The van der Waals surface area contributed by atoms with Crippen LogP contribution < -0.4 is 0 Å². The van der Waals surface area contributed by atoms with Gasteiger partial charge in [0.2, 0.25) is 0 Å². The third kappa shape index (κ3) is 5.00. The van der Waals surface area contributed by atoms with E-state index < -0.39 is 5.97 Å². The zero-order valence-electron chi connectivity index (χ0n) is 5.64. The van der Waals surface area contributed by atoms with Gasteiger partial charge in [-0.1, -0.05) is 6.92 Å². The lowest BCUT2D eigenvalue weighted by atomic mass is 10.3. The maximum atomic E-state index is 10.4. The minimum absolute atomic E-state index is 0.0507. The highest BCUT2D eigenvalue weighted by molar-refractivity contribution is 5.81. The lowest BCUT2D eigenvalue weighted by Gasteiger charge is -1.96. The molecule has 0 rings (SSSR count). The molecule has 0 aromatic carbocycles. The van der Waals surface area contributed by atoms with Gasteiger partial charge >= 0.3 is 5.97 Å². The number of carbonyl (C=O) groups excluding carboxylic acids is 2. The third-order valence-electron chi connectivity index (χ3n) is 0.831. The number of ketones is 1. The van der Waals surface area contributed by atoms with Gasteiger partial charge in [-0.3, -0.25) is 9.59 Å². The minimum atomic E-state index is -0.406. The van der Waals surface area contributed by atoms with E-state index >= 15 is 0 Å². The minimum Gasteiger partial charge on any atom is -0.458 e. The van der Waals surface area contributed by atoms with Crippen molar-refractivity contribution in [1.82, 2.24) is 0 Å². The number of carbonyl (C=O) groups is 2. The summed E-state index contributed by atoms with van der Waals surface area (Å²) in [7, 11) is 0. The number of rotatable bonds is 3. The lowest BCUT2D eigenvalue weighted by Crippen LogP contribution is -2.09. The van der Waals surface area contributed by atoms with E-state index in [1.165, 1.54) is 6.92 Å². The Bertz CT molecular complexity index is 117. The molecule has 0 aromatic rings. The molecule has 9 heavy (non-hydrogen) atoms. The second-order valence-electron chi connectivity index (χ2n) is 1.67. The van der Waals surface area contributed by atoms with E-state index in [4.69, 9.17) is 0 Å². The monoisotopic (exact) mass is 130 g/mol. The van der Waals surface area contributed by atoms with Gasteiger partial charge in [-0.2, -0.15) is 0 Å². The Balaban J connectivity index is 3.28. The molecule has 52 valence electrons. The molecule has 0 spiro atoms. The summed E-state index contributed by atoms with van der Waals surface area (Å²) in [5.74, 6) is -0.456. The molecule has 0 atom stereocenters. The maximum Gasteiger partial charge on any atom is 0.303 e. The number of ether oxygens (including phenoxy) is 1. The van der Waals surface area contributed by atoms with Gasteiger partial charge in [0.05, 0.1) is 0 Å². The fourth-order valence-corrected chi connectivity index (χ4v) is 0.284. The van der Waals surface area contributed by atoms with Crippen molar-refractivity contribution in [1.29, 1.82) is 0 Å². The predicted molar refractivity (Wildman–Crippen MR) is 31.9 cm³/mol. The number of esters is 1. The van der Waals surface area contributed by atoms with Crippen LogP contribution in [-0.2, 0) is 14.3 Å². The molecule has 0 saturated carbocycles. The van der Waals surface area contributed by atoms with Gasteiger partial charge in [0.1, 0.15) is 6.61 Å². The van der Waals surface area contributed by atoms with Crippen LogP contribution in [0.4, 0.5) is 0 Å². The molecule has 3 nitrogen and oxygen atoms in total. The zero-order valence-corrected chi connectivity index (χ0v) is 5.64. The van der Waals surface area contributed by atoms with E-state index in [0.29, 0.717) is 6.42 Å². The molecule has 0 heterocycles. The highest BCUT2D eigenvalue weighted by Gasteiger charge is 1.98. The largest absolute Gasteiger partial charge is 0.458 e. The summed E-state index contributed by atoms with van der Waals surface area (Å²) in [6.07, 6.45) is 0.424. The Kier molecular flexibility index (Phi) is 3.67. The van der Waals surface area contributed by atoms with Crippen molar-refractivity contribution in [3.8, 4) is 0 Å². The van der Waals surface area contributed by atoms with Gasteiger partial charge in [0.25, 0.3) is 0 Å². The van der Waals surface area contributed by atoms with Crippen LogP contribution in [0.2, 0.25) is 0 Å². The first kappa shape index (κ1) is 8.14. The summed E-state index contributed by atoms with van der Waals surface area (Å²) in [6, 6.07) is 0. The summed E-state index contributed by atoms with van der Waals surface area (Å²) in [5.41, 5.74) is 0. The quantitative estimate of drug-likeness (QED) is 0.523. The first-order valence-electron chi connectivity index (χ1n) is 2.82. The van der Waals surface area contributed by atoms with Crippen molar-refractivity contribution >= 4 is 11.8 Å². The molecule has 0 unspecified atom stereocenters. The van der Waals surface area contributed by atoms with Crippen molar-refractivity contribution in [2.45, 2.75) is 20.3 Å². The smallest absolute Gasteiger partial charge is 0.303 e. The Labute approximate surface area is 54.0 Å². The summed E-state index contributed by atoms with van der Waals surface area (Å²) in [4.78, 5) is 20.5. The van der Waals surface area contributed by atoms with E-state index in [2.05, 4.69) is 4.74 Å². The Morgan fingerprint density at radius 1 is 1.44 bits per heavy atom. The van der Waals surface area contributed by atoms with Gasteiger partial charge in [-0.05, 0) is 0 Å². The predicted octanol–water partition coefficient (Wildman–Crippen LogP) is 0.529. The van der Waals surface area contributed by atoms with Gasteiger partial charge in [-0.25, -0.2) is 0 Å². The molecule has 0 N–H and O–H groups in total. The molecule has 0 saturated heterocycles. The molecule has 3 heteroatoms. The van der Waals surface area contributed by atoms with Crippen molar-refractivity contribution in [3.63, 3.8) is 0 Å². The molecule has 0 aliphatic carbocycles. The van der Waals surface area contributed by atoms with E-state index in [0.717, 1.165) is 0 Å². The molecular formula is C6H10O3. The van der Waals surface area contributed by atoms with Crippen molar-refractivity contribution < 1.29 is 14.3 Å². The van der Waals surface area contributed by atoms with Crippen molar-refractivity contribution in [2.75, 3.05) is 6.61 Å². The van der Waals surface area contributed by atoms with E-state index in [1.807, 2.05) is 0 Å². The topological polar surface area (TPSA) is 43.4 Å². The molecular weight excluding hydrogens is 120 g/mol. The maximum absolute atomic E-state index is 10.4. The van der Waals surface area contributed by atoms with Gasteiger partial charge in [-0.15, -0.1) is 0 Å². The summed E-state index contributed by atoms with van der Waals surface area (Å²) in [6.45, 7) is 2.93. The fourth-order valence-electron chi connectivity index (χ4n) is 0.284. The lowest BCUT2D eigenvalue weighted by molar-refractivity contribution is -0.145. The SMILES string of the molecule is CCC(=O)COC(C)=O. The number of Topliss-reactive ketones (excluding diaryl/α,β-unsaturated/α-hetero) is 1.